The van der Waals surface area contributed by atoms with E-state index in [2.05, 4.69) is 62.3 Å². The minimum absolute atomic E-state index is 0.0170. The largest absolute Gasteiger partial charge is 0.453 e. The number of rotatable bonds is 14. The zero-order chi connectivity index (χ0) is 32.0. The second kappa shape index (κ2) is 14.2. The van der Waals surface area contributed by atoms with Gasteiger partial charge < -0.3 is 9.22 Å². The molecule has 2 aromatic heterocycles. The number of halogens is 1. The summed E-state index contributed by atoms with van der Waals surface area (Å²) in [5, 5.41) is 0. The van der Waals surface area contributed by atoms with Crippen molar-refractivity contribution in [2.45, 2.75) is 25.8 Å². The molecule has 0 aliphatic carbocycles. The molecule has 5 aromatic rings. The van der Waals surface area contributed by atoms with Gasteiger partial charge in [-0.15, -0.1) is 11.3 Å². The molecule has 8 heteroatoms. The summed E-state index contributed by atoms with van der Waals surface area (Å²) in [5.74, 6) is -0.391. The van der Waals surface area contributed by atoms with Crippen LogP contribution in [0.3, 0.4) is 0 Å². The van der Waals surface area contributed by atoms with E-state index in [1.807, 2.05) is 36.4 Å². The Kier molecular flexibility index (Phi) is 10.2. The number of likely N-dealkylation sites (N-methyl/N-ethyl adjacent to an activating group) is 2. The van der Waals surface area contributed by atoms with Gasteiger partial charge in [0.05, 0.1) is 44.3 Å². The Labute approximate surface area is 268 Å². The van der Waals surface area contributed by atoms with Crippen molar-refractivity contribution in [1.29, 1.82) is 0 Å². The number of carbonyl (C=O) groups excluding carboxylic acids is 2. The minimum atomic E-state index is -0.570. The smallest absolute Gasteiger partial charge is 0.166 e. The van der Waals surface area contributed by atoms with E-state index in [9.17, 15) is 9.59 Å². The van der Waals surface area contributed by atoms with Gasteiger partial charge in [-0.2, -0.15) is 0 Å². The van der Waals surface area contributed by atoms with Crippen molar-refractivity contribution >= 4 is 33.1 Å². The second-order valence-corrected chi connectivity index (χ2v) is 13.6. The van der Waals surface area contributed by atoms with Gasteiger partial charge in [0.15, 0.2) is 11.6 Å². The summed E-state index contributed by atoms with van der Waals surface area (Å²) < 4.78 is 22.9. The number of hydrogen-bond donors (Lipinski definition) is 0. The van der Waals surface area contributed by atoms with Crippen LogP contribution >= 0.6 is 11.3 Å². The predicted octanol–water partition coefficient (Wildman–Crippen LogP) is 7.35. The Morgan fingerprint density at radius 3 is 2.22 bits per heavy atom. The molecule has 45 heavy (non-hydrogen) atoms. The lowest BCUT2D eigenvalue weighted by Gasteiger charge is -2.27. The quantitative estimate of drug-likeness (QED) is 0.0956. The van der Waals surface area contributed by atoms with Gasteiger partial charge in [0, 0.05) is 43.1 Å². The topological polar surface area (TPSA) is 59.5 Å². The first-order valence-electron chi connectivity index (χ1n) is 15.0. The van der Waals surface area contributed by atoms with Crippen LogP contribution in [-0.4, -0.2) is 67.2 Å². The van der Waals surface area contributed by atoms with E-state index < -0.39 is 5.82 Å². The van der Waals surface area contributed by atoms with Crippen LogP contribution in [0.15, 0.2) is 91.1 Å². The lowest BCUT2D eigenvalue weighted by atomic mass is 10.0. The third-order valence-corrected chi connectivity index (χ3v) is 8.66. The molecule has 0 atom stereocenters. The van der Waals surface area contributed by atoms with Crippen molar-refractivity contribution < 1.29 is 23.2 Å². The van der Waals surface area contributed by atoms with E-state index in [0.717, 1.165) is 50.3 Å². The molecule has 0 saturated heterocycles. The molecule has 0 amide bonds. The first-order chi connectivity index (χ1) is 21.5. The number of benzene rings is 3. The van der Waals surface area contributed by atoms with Gasteiger partial charge in [0.25, 0.3) is 0 Å². The molecule has 0 saturated carbocycles. The van der Waals surface area contributed by atoms with Crippen LogP contribution in [0.1, 0.15) is 23.1 Å². The number of carbonyl (C=O) groups is 2. The molecule has 5 rings (SSSR count). The van der Waals surface area contributed by atoms with Crippen molar-refractivity contribution in [3.8, 4) is 21.9 Å². The third kappa shape index (κ3) is 9.14. The maximum Gasteiger partial charge on any atom is 0.166 e. The number of fused-ring (bicyclic) bond motifs is 1. The SMILES string of the molecule is CN(CC[N+](C)(C)C)Cc1ccc(-c2cc3nccc(Oc4ccc(CC(=O)CC(=O)Cc5ccccc5)cc4F)c3s2)cc1. The standard InChI is InChI=1S/C37H39FN3O3S/c1-40(18-19-41(2,3)4)25-27-10-13-29(14-11-27)36-24-33-37(45-36)35(16-17-39-33)44-34-15-12-28(22-32(34)38)21-31(43)23-30(42)20-26-8-6-5-7-9-26/h5-17,22,24H,18-21,23,25H2,1-4H3/q+1. The number of aromatic nitrogens is 1. The summed E-state index contributed by atoms with van der Waals surface area (Å²) in [6.45, 7) is 2.99. The Bertz CT molecular complexity index is 1780. The van der Waals surface area contributed by atoms with E-state index in [4.69, 9.17) is 4.74 Å². The summed E-state index contributed by atoms with van der Waals surface area (Å²) in [4.78, 5) is 32.7. The van der Waals surface area contributed by atoms with Crippen molar-refractivity contribution in [3.05, 3.63) is 114 Å². The summed E-state index contributed by atoms with van der Waals surface area (Å²) in [5.41, 5.74) is 4.49. The first-order valence-corrected chi connectivity index (χ1v) is 15.8. The number of quaternary nitrogens is 1. The molecule has 0 N–H and O–H groups in total. The minimum Gasteiger partial charge on any atom is -0.453 e. The molecule has 0 spiro atoms. The summed E-state index contributed by atoms with van der Waals surface area (Å²) in [7, 11) is 8.76. The summed E-state index contributed by atoms with van der Waals surface area (Å²) in [6.07, 6.45) is 1.66. The number of ether oxygens (including phenoxy) is 1. The van der Waals surface area contributed by atoms with Crippen LogP contribution in [-0.2, 0) is 29.0 Å². The molecule has 3 aromatic carbocycles. The molecule has 6 nitrogen and oxygen atoms in total. The van der Waals surface area contributed by atoms with Crippen LogP contribution < -0.4 is 4.74 Å². The average Bonchev–Trinajstić information content (AvgIpc) is 3.43. The van der Waals surface area contributed by atoms with Crippen LogP contribution in [0.5, 0.6) is 11.5 Å². The zero-order valence-corrected chi connectivity index (χ0v) is 27.1. The number of ketones is 2. The molecule has 0 aliphatic rings. The fourth-order valence-corrected chi connectivity index (χ4v) is 6.10. The van der Waals surface area contributed by atoms with E-state index in [1.165, 1.54) is 17.7 Å². The molecular weight excluding hydrogens is 585 g/mol. The molecular formula is C37H39FN3O3S+. The van der Waals surface area contributed by atoms with Gasteiger partial charge in [0.2, 0.25) is 0 Å². The van der Waals surface area contributed by atoms with Crippen LogP contribution in [0, 0.1) is 5.82 Å². The summed E-state index contributed by atoms with van der Waals surface area (Å²) >= 11 is 1.55. The Morgan fingerprint density at radius 2 is 1.53 bits per heavy atom. The highest BCUT2D eigenvalue weighted by Crippen LogP contribution is 2.39. The monoisotopic (exact) mass is 624 g/mol. The Hall–Kier alpha value is -4.24. The second-order valence-electron chi connectivity index (χ2n) is 12.5. The van der Waals surface area contributed by atoms with Crippen LogP contribution in [0.2, 0.25) is 0 Å². The normalized spacial score (nSPS) is 11.7. The molecule has 0 radical (unpaired) electrons. The maximum absolute atomic E-state index is 15.1. The predicted molar refractivity (Wildman–Crippen MR) is 179 cm³/mol. The fourth-order valence-electron chi connectivity index (χ4n) is 5.02. The third-order valence-electron chi connectivity index (χ3n) is 7.48. The number of Topliss-reactive ketones (excluding diaryl/α,β-unsaturated/α-hetero) is 2. The van der Waals surface area contributed by atoms with Crippen LogP contribution in [0.25, 0.3) is 20.7 Å². The molecule has 0 fully saturated rings. The van der Waals surface area contributed by atoms with E-state index >= 15 is 4.39 Å². The van der Waals surface area contributed by atoms with Crippen molar-refractivity contribution in [2.75, 3.05) is 41.3 Å². The van der Waals surface area contributed by atoms with Gasteiger partial charge in [-0.1, -0.05) is 60.7 Å². The number of nitrogens with zero attached hydrogens (tertiary/aromatic N) is 3. The lowest BCUT2D eigenvalue weighted by molar-refractivity contribution is -0.869. The Balaban J connectivity index is 1.22. The molecule has 2 heterocycles. The zero-order valence-electron chi connectivity index (χ0n) is 26.3. The highest BCUT2D eigenvalue weighted by molar-refractivity contribution is 7.22. The number of hydrogen-bond acceptors (Lipinski definition) is 6. The van der Waals surface area contributed by atoms with Gasteiger partial charge >= 0.3 is 0 Å². The van der Waals surface area contributed by atoms with E-state index in [-0.39, 0.29) is 36.6 Å². The molecule has 0 unspecified atom stereocenters. The fraction of sp³-hybridized carbons (Fsp3) is 0.270. The van der Waals surface area contributed by atoms with E-state index in [0.29, 0.717) is 11.3 Å². The number of pyridine rings is 1. The lowest BCUT2D eigenvalue weighted by Crippen LogP contribution is -2.40. The maximum atomic E-state index is 15.1. The summed E-state index contributed by atoms with van der Waals surface area (Å²) in [6, 6.07) is 26.1. The van der Waals surface area contributed by atoms with E-state index in [1.54, 1.807) is 29.7 Å². The van der Waals surface area contributed by atoms with Crippen molar-refractivity contribution in [3.63, 3.8) is 0 Å². The molecule has 232 valence electrons. The Morgan fingerprint density at radius 1 is 0.844 bits per heavy atom. The van der Waals surface area contributed by atoms with Crippen LogP contribution in [0.4, 0.5) is 4.39 Å². The van der Waals surface area contributed by atoms with Gasteiger partial charge in [-0.25, -0.2) is 4.39 Å². The van der Waals surface area contributed by atoms with Crippen molar-refractivity contribution in [2.24, 2.45) is 0 Å². The van der Waals surface area contributed by atoms with Gasteiger partial charge in [0.1, 0.15) is 17.3 Å². The number of thiophene rings is 1. The molecule has 0 bridgehead atoms. The first kappa shape index (κ1) is 32.2. The molecule has 0 aliphatic heterocycles. The highest BCUT2D eigenvalue weighted by Gasteiger charge is 2.16. The average molecular weight is 625 g/mol. The van der Waals surface area contributed by atoms with Gasteiger partial charge in [-0.3, -0.25) is 19.5 Å². The highest BCUT2D eigenvalue weighted by atomic mass is 32.1. The van der Waals surface area contributed by atoms with Gasteiger partial charge in [-0.05, 0) is 47.5 Å². The van der Waals surface area contributed by atoms with Crippen molar-refractivity contribution in [1.82, 2.24) is 9.88 Å².